The van der Waals surface area contributed by atoms with Crippen molar-refractivity contribution in [3.63, 3.8) is 0 Å². The fraction of sp³-hybridized carbons (Fsp3) is 0.375. The van der Waals surface area contributed by atoms with Crippen LogP contribution in [0, 0.1) is 51.8 Å². The molecule has 2 aromatic heterocycles. The van der Waals surface area contributed by atoms with Crippen molar-refractivity contribution < 1.29 is 28.9 Å². The van der Waals surface area contributed by atoms with Gasteiger partial charge in [-0.3, -0.25) is 9.97 Å². The van der Waals surface area contributed by atoms with Crippen molar-refractivity contribution in [1.29, 1.82) is 0 Å². The number of aryl methyl sites for hydroxylation is 6. The van der Waals surface area contributed by atoms with Gasteiger partial charge in [-0.1, -0.05) is 0 Å². The van der Waals surface area contributed by atoms with E-state index in [0.717, 1.165) is 22.8 Å². The SMILES string of the molecule is Cc1cc(C)nc(C)c1.Cc1cc(C)nc(C)c1.[O-][Cl+3]([O-])([O-])O. The van der Waals surface area contributed by atoms with Gasteiger partial charge in [-0.15, -0.1) is 0 Å². The van der Waals surface area contributed by atoms with Crippen molar-refractivity contribution in [2.75, 3.05) is 0 Å². The van der Waals surface area contributed by atoms with Gasteiger partial charge in [0.05, 0.1) is 14.9 Å². The van der Waals surface area contributed by atoms with E-state index in [-0.39, 0.29) is 0 Å². The summed E-state index contributed by atoms with van der Waals surface area (Å²) in [5, 5.41) is 0. The van der Waals surface area contributed by atoms with Crippen molar-refractivity contribution in [1.82, 2.24) is 9.97 Å². The first-order chi connectivity index (χ1) is 10.4. The first-order valence-electron chi connectivity index (χ1n) is 6.84. The molecule has 128 valence electrons. The summed E-state index contributed by atoms with van der Waals surface area (Å²) in [6.07, 6.45) is 0. The maximum atomic E-state index is 8.60. The molecule has 0 saturated heterocycles. The fourth-order valence-electron chi connectivity index (χ4n) is 2.09. The molecule has 0 amide bonds. The molecular weight excluding hydrogens is 320 g/mol. The van der Waals surface area contributed by atoms with Crippen LogP contribution in [0.15, 0.2) is 24.3 Å². The molecule has 0 aromatic carbocycles. The van der Waals surface area contributed by atoms with Crippen LogP contribution in [-0.2, 0) is 0 Å². The molecule has 23 heavy (non-hydrogen) atoms. The number of pyridine rings is 2. The van der Waals surface area contributed by atoms with Gasteiger partial charge in [0.25, 0.3) is 0 Å². The van der Waals surface area contributed by atoms with Gasteiger partial charge in [-0.25, -0.2) is 0 Å². The largest absolute Gasteiger partial charge is 0.258 e. The van der Waals surface area contributed by atoms with Crippen molar-refractivity contribution in [3.8, 4) is 0 Å². The van der Waals surface area contributed by atoms with Gasteiger partial charge in [-0.05, 0) is 76.9 Å². The first-order valence-corrected chi connectivity index (χ1v) is 8.10. The quantitative estimate of drug-likeness (QED) is 0.714. The Kier molecular flexibility index (Phi) is 8.89. The van der Waals surface area contributed by atoms with Crippen LogP contribution >= 0.6 is 0 Å². The highest BCUT2D eigenvalue weighted by Gasteiger charge is 1.98. The van der Waals surface area contributed by atoms with Crippen LogP contribution in [0.3, 0.4) is 0 Å². The predicted octanol–water partition coefficient (Wildman–Crippen LogP) is -0.110. The summed E-state index contributed by atoms with van der Waals surface area (Å²) in [5.41, 5.74) is 7.00. The van der Waals surface area contributed by atoms with Gasteiger partial charge < -0.3 is 0 Å². The monoisotopic (exact) mass is 342 g/mol. The Morgan fingerprint density at radius 1 is 0.652 bits per heavy atom. The van der Waals surface area contributed by atoms with E-state index in [2.05, 4.69) is 48.1 Å². The molecule has 0 aliphatic rings. The second-order valence-electron chi connectivity index (χ2n) is 5.25. The van der Waals surface area contributed by atoms with E-state index in [4.69, 9.17) is 18.6 Å². The van der Waals surface area contributed by atoms with E-state index in [1.54, 1.807) is 0 Å². The number of hydrogen-bond acceptors (Lipinski definition) is 6. The van der Waals surface area contributed by atoms with Gasteiger partial charge in [0, 0.05) is 22.8 Å². The molecule has 6 nitrogen and oxygen atoms in total. The summed E-state index contributed by atoms with van der Waals surface area (Å²) >= 11 is 0. The Bertz CT molecular complexity index is 472. The van der Waals surface area contributed by atoms with Crippen molar-refractivity contribution in [2.24, 2.45) is 0 Å². The molecular formula is C16H23ClN2O4. The maximum Gasteiger partial charge on any atom is 0.0777 e. The normalized spacial score (nSPS) is 10.2. The third-order valence-corrected chi connectivity index (χ3v) is 2.45. The summed E-state index contributed by atoms with van der Waals surface area (Å²) in [5.74, 6) is 0. The predicted molar refractivity (Wildman–Crippen MR) is 79.1 cm³/mol. The number of halogens is 1. The topological polar surface area (TPSA) is 115 Å². The van der Waals surface area contributed by atoms with Gasteiger partial charge in [0.1, 0.15) is 0 Å². The Balaban J connectivity index is 0.000000332. The second-order valence-corrected chi connectivity index (χ2v) is 6.04. The van der Waals surface area contributed by atoms with Gasteiger partial charge in [0.15, 0.2) is 0 Å². The molecule has 0 atom stereocenters. The highest BCUT2D eigenvalue weighted by Crippen LogP contribution is 2.02. The van der Waals surface area contributed by atoms with Crippen molar-refractivity contribution in [2.45, 2.75) is 41.5 Å². The zero-order valence-corrected chi connectivity index (χ0v) is 15.0. The summed E-state index contributed by atoms with van der Waals surface area (Å²) in [6.45, 7) is 12.2. The lowest BCUT2D eigenvalue weighted by molar-refractivity contribution is -1.92. The van der Waals surface area contributed by atoms with Gasteiger partial charge >= 0.3 is 0 Å². The van der Waals surface area contributed by atoms with Gasteiger partial charge in [0.2, 0.25) is 0 Å². The number of hydrogen-bond donors (Lipinski definition) is 1. The van der Waals surface area contributed by atoms with Crippen LogP contribution in [0.2, 0.25) is 0 Å². The van der Waals surface area contributed by atoms with Crippen LogP contribution in [0.1, 0.15) is 33.9 Å². The zero-order chi connectivity index (χ0) is 18.2. The number of rotatable bonds is 0. The fourth-order valence-corrected chi connectivity index (χ4v) is 2.09. The molecule has 0 aliphatic heterocycles. The Hall–Kier alpha value is -1.57. The highest BCUT2D eigenvalue weighted by molar-refractivity contribution is 5.18. The van der Waals surface area contributed by atoms with Crippen LogP contribution in [-0.4, -0.2) is 14.6 Å². The third-order valence-electron chi connectivity index (χ3n) is 2.45. The van der Waals surface area contributed by atoms with E-state index in [1.807, 2.05) is 27.7 Å². The lowest BCUT2D eigenvalue weighted by Gasteiger charge is -2.03. The second kappa shape index (κ2) is 9.54. The first kappa shape index (κ1) is 21.4. The molecule has 0 saturated carbocycles. The molecule has 2 aromatic rings. The molecule has 0 aliphatic carbocycles. The average Bonchev–Trinajstić information content (AvgIpc) is 2.22. The van der Waals surface area contributed by atoms with Crippen LogP contribution in [0.5, 0.6) is 0 Å². The van der Waals surface area contributed by atoms with Crippen molar-refractivity contribution >= 4 is 0 Å². The summed E-state index contributed by atoms with van der Waals surface area (Å²) < 4.78 is 32.7. The number of aromatic nitrogens is 2. The zero-order valence-electron chi connectivity index (χ0n) is 14.3. The molecule has 0 unspecified atom stereocenters. The Labute approximate surface area is 139 Å². The van der Waals surface area contributed by atoms with E-state index >= 15 is 0 Å². The summed E-state index contributed by atoms with van der Waals surface area (Å²) in [7, 11) is -4.69. The summed E-state index contributed by atoms with van der Waals surface area (Å²) in [4.78, 5) is 8.47. The van der Waals surface area contributed by atoms with E-state index in [0.29, 0.717) is 0 Å². The highest BCUT2D eigenvalue weighted by atomic mass is 35.7. The minimum atomic E-state index is -4.69. The van der Waals surface area contributed by atoms with Gasteiger partial charge in [-0.2, -0.15) is 14.0 Å². The molecule has 1 N–H and O–H groups in total. The molecule has 0 fully saturated rings. The standard InChI is InChI=1S/2C8H11N.ClHO4/c2*1-6-4-7(2)9-8(3)5-6;2-1(3,4)5/h2*4-5H,1-3H3;(H,2,3,4,5). The molecule has 2 heterocycles. The van der Waals surface area contributed by atoms with E-state index < -0.39 is 10.2 Å². The minimum absolute atomic E-state index is 1.10. The van der Waals surface area contributed by atoms with E-state index in [9.17, 15) is 0 Å². The summed E-state index contributed by atoms with van der Waals surface area (Å²) in [6, 6.07) is 8.31. The number of nitrogens with zero attached hydrogens (tertiary/aromatic N) is 2. The van der Waals surface area contributed by atoms with Crippen LogP contribution in [0.4, 0.5) is 0 Å². The maximum absolute atomic E-state index is 8.60. The molecule has 2 rings (SSSR count). The minimum Gasteiger partial charge on any atom is -0.258 e. The molecule has 7 heteroatoms. The lowest BCUT2D eigenvalue weighted by atomic mass is 10.2. The smallest absolute Gasteiger partial charge is 0.0777 e. The van der Waals surface area contributed by atoms with E-state index in [1.165, 1.54) is 11.1 Å². The van der Waals surface area contributed by atoms with Crippen LogP contribution in [0.25, 0.3) is 0 Å². The van der Waals surface area contributed by atoms with Crippen molar-refractivity contribution in [3.05, 3.63) is 58.2 Å². The lowest BCUT2D eigenvalue weighted by Crippen LogP contribution is -2.58. The van der Waals surface area contributed by atoms with Crippen LogP contribution < -0.4 is 14.0 Å². The molecule has 0 radical (unpaired) electrons. The third kappa shape index (κ3) is 13.8. The molecule has 0 spiro atoms. The molecule has 0 bridgehead atoms. The average molecular weight is 343 g/mol. The Morgan fingerprint density at radius 3 is 0.957 bits per heavy atom. The Morgan fingerprint density at radius 2 is 0.826 bits per heavy atom.